The lowest BCUT2D eigenvalue weighted by Crippen LogP contribution is -2.73. The largest absolute Gasteiger partial charge is 0.309 e. The van der Waals surface area contributed by atoms with Crippen molar-refractivity contribution in [2.24, 2.45) is 0 Å². The molecule has 0 N–H and O–H groups in total. The summed E-state index contributed by atoms with van der Waals surface area (Å²) in [6.07, 6.45) is 0. The number of para-hydroxylation sites is 1. The van der Waals surface area contributed by atoms with Gasteiger partial charge in [0.15, 0.2) is 5.82 Å². The van der Waals surface area contributed by atoms with Crippen LogP contribution in [-0.2, 0) is 0 Å². The highest BCUT2D eigenvalue weighted by atomic mass is 32.1. The van der Waals surface area contributed by atoms with Gasteiger partial charge >= 0.3 is 0 Å². The molecule has 0 fully saturated rings. The molecule has 0 radical (unpaired) electrons. The summed E-state index contributed by atoms with van der Waals surface area (Å²) in [5.74, 6) is 0.746. The quantitative estimate of drug-likeness (QED) is 0.164. The summed E-state index contributed by atoms with van der Waals surface area (Å²) < 4.78 is 5.05. The first kappa shape index (κ1) is 32.3. The highest BCUT2D eigenvalue weighted by molar-refractivity contribution is 7.26. The van der Waals surface area contributed by atoms with Crippen molar-refractivity contribution in [3.8, 4) is 39.5 Å². The van der Waals surface area contributed by atoms with Gasteiger partial charge in [-0.3, -0.25) is 0 Å². The summed E-state index contributed by atoms with van der Waals surface area (Å²) in [7, 11) is -2.89. The van der Waals surface area contributed by atoms with Crippen molar-refractivity contribution < 1.29 is 0 Å². The number of hydrogen-bond acceptors (Lipinski definition) is 3. The summed E-state index contributed by atoms with van der Waals surface area (Å²) in [4.78, 5) is 11.2. The first-order valence-electron chi connectivity index (χ1n) is 19.4. The van der Waals surface area contributed by atoms with E-state index in [-0.39, 0.29) is 0 Å². The monoisotopic (exact) mass is 759 g/mol. The first-order valence-corrected chi connectivity index (χ1v) is 22.2. The van der Waals surface area contributed by atoms with Gasteiger partial charge in [0.1, 0.15) is 0 Å². The SMILES string of the molecule is c1ccc(-c2nc(-c3cccc(-n4c5ccccc5c5cc6c(cc54)sc4ccccc46)c3)c3c(n2)[Si](c2ccccc2)(c2ccccc2)c2ccccc2-3)cc1. The Morgan fingerprint density at radius 2 is 1.09 bits per heavy atom. The second-order valence-electron chi connectivity index (χ2n) is 14.9. The van der Waals surface area contributed by atoms with E-state index in [1.807, 2.05) is 11.3 Å². The zero-order valence-electron chi connectivity index (χ0n) is 30.8. The molecule has 0 aliphatic carbocycles. The Kier molecular flexibility index (Phi) is 7.12. The molecule has 4 heterocycles. The van der Waals surface area contributed by atoms with Crippen LogP contribution in [0.2, 0.25) is 0 Å². The van der Waals surface area contributed by atoms with Gasteiger partial charge in [0.2, 0.25) is 8.07 Å². The molecule has 0 atom stereocenters. The van der Waals surface area contributed by atoms with Crippen LogP contribution in [-0.4, -0.2) is 22.6 Å². The van der Waals surface area contributed by atoms with Crippen molar-refractivity contribution in [1.29, 1.82) is 0 Å². The van der Waals surface area contributed by atoms with Gasteiger partial charge in [0.25, 0.3) is 0 Å². The van der Waals surface area contributed by atoms with Crippen molar-refractivity contribution in [3.63, 3.8) is 0 Å². The number of benzene rings is 8. The Labute approximate surface area is 334 Å². The van der Waals surface area contributed by atoms with Gasteiger partial charge in [-0.1, -0.05) is 164 Å². The van der Waals surface area contributed by atoms with E-state index in [0.717, 1.165) is 39.2 Å². The third kappa shape index (κ3) is 4.70. The van der Waals surface area contributed by atoms with Crippen LogP contribution in [0.4, 0.5) is 0 Å². The zero-order valence-corrected chi connectivity index (χ0v) is 32.6. The molecule has 12 rings (SSSR count). The normalized spacial score (nSPS) is 13.1. The number of rotatable bonds is 5. The second kappa shape index (κ2) is 12.5. The van der Waals surface area contributed by atoms with Gasteiger partial charge in [-0.2, -0.15) is 0 Å². The maximum Gasteiger partial charge on any atom is 0.203 e. The molecule has 11 aromatic rings. The van der Waals surface area contributed by atoms with E-state index in [9.17, 15) is 0 Å². The summed E-state index contributed by atoms with van der Waals surface area (Å²) in [5.41, 5.74) is 8.89. The lowest BCUT2D eigenvalue weighted by molar-refractivity contribution is 1.17. The summed E-state index contributed by atoms with van der Waals surface area (Å²) >= 11 is 1.87. The van der Waals surface area contributed by atoms with Gasteiger partial charge in [0.05, 0.1) is 22.0 Å². The lowest BCUT2D eigenvalue weighted by Gasteiger charge is -2.30. The van der Waals surface area contributed by atoms with Crippen molar-refractivity contribution in [1.82, 2.24) is 14.5 Å². The molecular formula is C52H33N3SSi. The Bertz CT molecular complexity index is 3310. The number of thiophene rings is 1. The average molecular weight is 760 g/mol. The maximum absolute atomic E-state index is 5.68. The van der Waals surface area contributed by atoms with E-state index in [1.54, 1.807) is 0 Å². The van der Waals surface area contributed by atoms with Crippen molar-refractivity contribution >= 4 is 82.3 Å². The predicted molar refractivity (Wildman–Crippen MR) is 243 cm³/mol. The van der Waals surface area contributed by atoms with E-state index < -0.39 is 8.07 Å². The fraction of sp³-hybridized carbons (Fsp3) is 0. The molecule has 0 saturated carbocycles. The minimum absolute atomic E-state index is 0.746. The van der Waals surface area contributed by atoms with E-state index in [4.69, 9.17) is 9.97 Å². The smallest absolute Gasteiger partial charge is 0.203 e. The Morgan fingerprint density at radius 1 is 0.439 bits per heavy atom. The van der Waals surface area contributed by atoms with Crippen LogP contribution in [0.5, 0.6) is 0 Å². The van der Waals surface area contributed by atoms with Gasteiger partial charge in [-0.25, -0.2) is 9.97 Å². The van der Waals surface area contributed by atoms with Crippen LogP contribution < -0.4 is 20.9 Å². The molecule has 0 bridgehead atoms. The predicted octanol–water partition coefficient (Wildman–Crippen LogP) is 10.6. The summed E-state index contributed by atoms with van der Waals surface area (Å²) in [6, 6.07) is 73.0. The fourth-order valence-electron chi connectivity index (χ4n) is 9.45. The maximum atomic E-state index is 5.68. The molecule has 266 valence electrons. The number of fused-ring (bicyclic) bond motifs is 9. The average Bonchev–Trinajstić information content (AvgIpc) is 3.92. The number of aromatic nitrogens is 3. The van der Waals surface area contributed by atoms with Crippen LogP contribution in [0.15, 0.2) is 200 Å². The fourth-order valence-corrected chi connectivity index (χ4v) is 15.6. The Balaban J connectivity index is 1.16. The van der Waals surface area contributed by atoms with Gasteiger partial charge in [-0.05, 0) is 57.5 Å². The van der Waals surface area contributed by atoms with E-state index >= 15 is 0 Å². The Morgan fingerprint density at radius 3 is 1.88 bits per heavy atom. The zero-order chi connectivity index (χ0) is 37.5. The molecule has 3 nitrogen and oxygen atoms in total. The van der Waals surface area contributed by atoms with Crippen LogP contribution in [0.25, 0.3) is 81.4 Å². The minimum Gasteiger partial charge on any atom is -0.309 e. The third-order valence-electron chi connectivity index (χ3n) is 11.9. The number of hydrogen-bond donors (Lipinski definition) is 0. The van der Waals surface area contributed by atoms with Crippen LogP contribution >= 0.6 is 11.3 Å². The van der Waals surface area contributed by atoms with E-state index in [0.29, 0.717) is 0 Å². The van der Waals surface area contributed by atoms with Crippen LogP contribution in [0.3, 0.4) is 0 Å². The van der Waals surface area contributed by atoms with Gasteiger partial charge in [-0.15, -0.1) is 11.3 Å². The van der Waals surface area contributed by atoms with E-state index in [2.05, 4.69) is 205 Å². The molecule has 1 aliphatic rings. The van der Waals surface area contributed by atoms with Crippen LogP contribution in [0, 0.1) is 0 Å². The summed E-state index contributed by atoms with van der Waals surface area (Å²) in [6.45, 7) is 0. The minimum atomic E-state index is -2.89. The number of nitrogens with zero attached hydrogens (tertiary/aromatic N) is 3. The van der Waals surface area contributed by atoms with Crippen molar-refractivity contribution in [3.05, 3.63) is 200 Å². The van der Waals surface area contributed by atoms with Crippen molar-refractivity contribution in [2.75, 3.05) is 0 Å². The standard InChI is InChI=1S/C52H33N3SSi/c1-4-17-34(18-5-1)51-53-50(49-41-27-12-15-30-48(41)57(52(49)54-51,37-21-6-2-7-22-37)38-23-8-3-9-24-38)35-19-16-20-36(31-35)55-44-28-13-10-25-39(44)42-32-43-40-26-11-14-29-46(40)56-47(43)33-45(42)55/h1-33H. The molecule has 0 spiro atoms. The van der Waals surface area contributed by atoms with Gasteiger partial charge < -0.3 is 4.57 Å². The Hall–Kier alpha value is -6.92. The summed E-state index contributed by atoms with van der Waals surface area (Å²) in [5, 5.41) is 10.3. The molecule has 57 heavy (non-hydrogen) atoms. The molecule has 0 unspecified atom stereocenters. The molecule has 8 aromatic carbocycles. The first-order chi connectivity index (χ1) is 28.3. The van der Waals surface area contributed by atoms with Gasteiger partial charge in [0, 0.05) is 53.3 Å². The topological polar surface area (TPSA) is 30.7 Å². The van der Waals surface area contributed by atoms with Crippen LogP contribution in [0.1, 0.15) is 0 Å². The highest BCUT2D eigenvalue weighted by Crippen LogP contribution is 2.42. The van der Waals surface area contributed by atoms with E-state index in [1.165, 1.54) is 63.1 Å². The lowest BCUT2D eigenvalue weighted by atomic mass is 10.00. The molecule has 1 aliphatic heterocycles. The van der Waals surface area contributed by atoms with Crippen molar-refractivity contribution in [2.45, 2.75) is 0 Å². The molecular weight excluding hydrogens is 727 g/mol. The highest BCUT2D eigenvalue weighted by Gasteiger charge is 2.51. The molecule has 0 saturated heterocycles. The molecule has 3 aromatic heterocycles. The molecule has 0 amide bonds. The second-order valence-corrected chi connectivity index (χ2v) is 19.6. The third-order valence-corrected chi connectivity index (χ3v) is 17.7. The molecule has 5 heteroatoms.